The Morgan fingerprint density at radius 3 is 2.16 bits per heavy atom. The predicted octanol–water partition coefficient (Wildman–Crippen LogP) is 4.81. The first-order chi connectivity index (χ1) is 17.6. The summed E-state index contributed by atoms with van der Waals surface area (Å²) in [7, 11) is 0. The molecule has 0 aliphatic heterocycles. The molecule has 38 heavy (non-hydrogen) atoms. The van der Waals surface area contributed by atoms with E-state index in [1.807, 2.05) is 52.0 Å². The second kappa shape index (κ2) is 12.6. The molecule has 206 valence electrons. The number of benzene rings is 2. The summed E-state index contributed by atoms with van der Waals surface area (Å²) in [5.41, 5.74) is 0.917. The van der Waals surface area contributed by atoms with Gasteiger partial charge in [0.05, 0.1) is 0 Å². The van der Waals surface area contributed by atoms with Gasteiger partial charge in [0.25, 0.3) is 0 Å². The van der Waals surface area contributed by atoms with Gasteiger partial charge in [-0.1, -0.05) is 42.5 Å². The number of ether oxygens (including phenoxy) is 1. The molecule has 0 saturated carbocycles. The topological polar surface area (TPSA) is 108 Å². The highest BCUT2D eigenvalue weighted by Crippen LogP contribution is 2.27. The van der Waals surface area contributed by atoms with Crippen LogP contribution in [-0.4, -0.2) is 51.6 Å². The smallest absolute Gasteiger partial charge is 0.408 e. The van der Waals surface area contributed by atoms with Crippen molar-refractivity contribution in [1.29, 1.82) is 0 Å². The summed E-state index contributed by atoms with van der Waals surface area (Å²) in [4.78, 5) is 42.1. The van der Waals surface area contributed by atoms with E-state index in [9.17, 15) is 19.5 Å². The number of carbonyl (C=O) groups excluding carboxylic acids is 3. The number of hydrogen-bond acceptors (Lipinski definition) is 5. The van der Waals surface area contributed by atoms with Crippen molar-refractivity contribution < 1.29 is 24.2 Å². The molecule has 2 atom stereocenters. The summed E-state index contributed by atoms with van der Waals surface area (Å²) in [5, 5.41) is 15.4. The molecule has 2 aromatic carbocycles. The molecule has 2 aromatic rings. The quantitative estimate of drug-likeness (QED) is 0.409. The summed E-state index contributed by atoms with van der Waals surface area (Å²) in [6.07, 6.45) is 0.922. The molecule has 0 heterocycles. The zero-order valence-corrected chi connectivity index (χ0v) is 23.5. The third kappa shape index (κ3) is 9.25. The highest BCUT2D eigenvalue weighted by atomic mass is 16.6. The number of aromatic hydroxyl groups is 1. The number of amides is 3. The lowest BCUT2D eigenvalue weighted by atomic mass is 9.96. The molecule has 8 heteroatoms. The molecule has 8 nitrogen and oxygen atoms in total. The predicted molar refractivity (Wildman–Crippen MR) is 149 cm³/mol. The number of rotatable bonds is 9. The van der Waals surface area contributed by atoms with Crippen molar-refractivity contribution in [2.24, 2.45) is 0 Å². The Labute approximate surface area is 226 Å². The number of phenolic OH excluding ortho intramolecular Hbond substituents is 1. The van der Waals surface area contributed by atoms with Crippen LogP contribution >= 0.6 is 0 Å². The number of carbonyl (C=O) groups is 3. The first-order valence-electron chi connectivity index (χ1n) is 12.7. The Kier molecular flexibility index (Phi) is 10.1. The first kappa shape index (κ1) is 30.4. The van der Waals surface area contributed by atoms with Gasteiger partial charge in [0.1, 0.15) is 23.4 Å². The molecule has 2 unspecified atom stereocenters. The van der Waals surface area contributed by atoms with Crippen LogP contribution in [0.5, 0.6) is 5.75 Å². The van der Waals surface area contributed by atoms with Crippen LogP contribution in [0.2, 0.25) is 0 Å². The van der Waals surface area contributed by atoms with E-state index in [1.54, 1.807) is 39.0 Å². The number of hydrogen-bond donors (Lipinski definition) is 3. The van der Waals surface area contributed by atoms with Crippen molar-refractivity contribution in [3.63, 3.8) is 0 Å². The zero-order valence-electron chi connectivity index (χ0n) is 23.5. The third-order valence-corrected chi connectivity index (χ3v) is 5.52. The van der Waals surface area contributed by atoms with Crippen LogP contribution in [0.4, 0.5) is 4.79 Å². The van der Waals surface area contributed by atoms with Gasteiger partial charge in [-0.3, -0.25) is 9.59 Å². The second-order valence-electron chi connectivity index (χ2n) is 11.3. The van der Waals surface area contributed by atoms with Gasteiger partial charge in [-0.05, 0) is 77.3 Å². The van der Waals surface area contributed by atoms with Gasteiger partial charge in [-0.25, -0.2) is 4.79 Å². The van der Waals surface area contributed by atoms with Crippen molar-refractivity contribution in [2.45, 2.75) is 78.1 Å². The summed E-state index contributed by atoms with van der Waals surface area (Å²) in [6, 6.07) is 11.8. The van der Waals surface area contributed by atoms with E-state index in [0.29, 0.717) is 11.1 Å². The molecule has 0 aliphatic rings. The summed E-state index contributed by atoms with van der Waals surface area (Å²) >= 11 is 0. The Morgan fingerprint density at radius 2 is 1.63 bits per heavy atom. The fourth-order valence-electron chi connectivity index (χ4n) is 3.96. The van der Waals surface area contributed by atoms with Gasteiger partial charge in [-0.2, -0.15) is 0 Å². The van der Waals surface area contributed by atoms with Gasteiger partial charge in [0.15, 0.2) is 0 Å². The largest absolute Gasteiger partial charge is 0.508 e. The molecule has 0 aliphatic carbocycles. The maximum Gasteiger partial charge on any atom is 0.408 e. The lowest BCUT2D eigenvalue weighted by Gasteiger charge is -2.36. The van der Waals surface area contributed by atoms with Gasteiger partial charge < -0.3 is 25.4 Å². The maximum atomic E-state index is 14.2. The fourth-order valence-corrected chi connectivity index (χ4v) is 3.96. The van der Waals surface area contributed by atoms with Crippen molar-refractivity contribution in [1.82, 2.24) is 15.5 Å². The Morgan fingerprint density at radius 1 is 1.03 bits per heavy atom. The number of alkyl carbamates (subject to hydrolysis) is 1. The van der Waals surface area contributed by atoms with Crippen LogP contribution < -0.4 is 10.6 Å². The van der Waals surface area contributed by atoms with Gasteiger partial charge >= 0.3 is 6.09 Å². The zero-order chi connectivity index (χ0) is 28.7. The highest BCUT2D eigenvalue weighted by molar-refractivity contribution is 5.92. The highest BCUT2D eigenvalue weighted by Gasteiger charge is 2.37. The van der Waals surface area contributed by atoms with Crippen molar-refractivity contribution in [3.05, 3.63) is 77.9 Å². The molecular formula is C30H41N3O5. The lowest BCUT2D eigenvalue weighted by Crippen LogP contribution is -2.55. The molecule has 0 saturated heterocycles. The number of nitrogens with one attached hydrogen (secondary N) is 2. The molecule has 0 aromatic heterocycles. The summed E-state index contributed by atoms with van der Waals surface area (Å²) in [6.45, 7) is 16.6. The monoisotopic (exact) mass is 523 g/mol. The van der Waals surface area contributed by atoms with E-state index in [1.165, 1.54) is 17.0 Å². The number of nitrogens with zero attached hydrogens (tertiary/aromatic N) is 1. The van der Waals surface area contributed by atoms with Crippen LogP contribution in [0.3, 0.4) is 0 Å². The van der Waals surface area contributed by atoms with Gasteiger partial charge in [0, 0.05) is 18.5 Å². The number of phenols is 1. The molecule has 0 fully saturated rings. The van der Waals surface area contributed by atoms with Crippen molar-refractivity contribution in [3.8, 4) is 5.75 Å². The van der Waals surface area contributed by atoms with E-state index in [2.05, 4.69) is 17.2 Å². The van der Waals surface area contributed by atoms with Gasteiger partial charge in [0.2, 0.25) is 11.8 Å². The van der Waals surface area contributed by atoms with Crippen LogP contribution in [0.1, 0.15) is 64.3 Å². The summed E-state index contributed by atoms with van der Waals surface area (Å²) < 4.78 is 5.43. The average Bonchev–Trinajstić information content (AvgIpc) is 2.78. The third-order valence-electron chi connectivity index (χ3n) is 5.52. The molecule has 2 rings (SSSR count). The van der Waals surface area contributed by atoms with E-state index in [4.69, 9.17) is 4.74 Å². The molecule has 3 amide bonds. The van der Waals surface area contributed by atoms with Crippen molar-refractivity contribution in [2.75, 3.05) is 6.54 Å². The van der Waals surface area contributed by atoms with Crippen molar-refractivity contribution >= 4 is 17.9 Å². The Hall–Kier alpha value is -3.81. The number of aryl methyl sites for hydroxylation is 1. The lowest BCUT2D eigenvalue weighted by molar-refractivity contribution is -0.142. The minimum absolute atomic E-state index is 0.0669. The Balaban J connectivity index is 2.56. The summed E-state index contributed by atoms with van der Waals surface area (Å²) in [5.74, 6) is -0.729. The molecule has 0 radical (unpaired) electrons. The minimum Gasteiger partial charge on any atom is -0.508 e. The normalized spacial score (nSPS) is 13.1. The van der Waals surface area contributed by atoms with Crippen LogP contribution in [0.15, 0.2) is 61.2 Å². The molecule has 3 N–H and O–H groups in total. The molecule has 0 bridgehead atoms. The van der Waals surface area contributed by atoms with Crippen LogP contribution in [0.25, 0.3) is 0 Å². The first-order valence-corrected chi connectivity index (χ1v) is 12.7. The van der Waals surface area contributed by atoms with E-state index in [-0.39, 0.29) is 24.6 Å². The minimum atomic E-state index is -1.05. The van der Waals surface area contributed by atoms with Crippen LogP contribution in [-0.2, 0) is 20.7 Å². The Bertz CT molecular complexity index is 1130. The van der Waals surface area contributed by atoms with Gasteiger partial charge in [-0.15, -0.1) is 6.58 Å². The second-order valence-corrected chi connectivity index (χ2v) is 11.3. The van der Waals surface area contributed by atoms with E-state index >= 15 is 0 Å². The standard InChI is InChI=1S/C30H41N3O5/c1-9-18-33(25(26(35)32-29(3,4)5)23-13-11-10-12-20(23)2)27(36)24(31-28(37)38-30(6,7)8)19-21-14-16-22(34)17-15-21/h9-17,24-25,34H,1,18-19H2,2-8H3,(H,31,37)(H,32,35). The maximum absolute atomic E-state index is 14.2. The SMILES string of the molecule is C=CCN(C(=O)C(Cc1ccc(O)cc1)NC(=O)OC(C)(C)C)C(C(=O)NC(C)(C)C)c1ccccc1C. The average molecular weight is 524 g/mol. The molecular weight excluding hydrogens is 482 g/mol. The fraction of sp³-hybridized carbons (Fsp3) is 0.433. The molecule has 0 spiro atoms. The van der Waals surface area contributed by atoms with Crippen LogP contribution in [0, 0.1) is 6.92 Å². The van der Waals surface area contributed by atoms with E-state index in [0.717, 1.165) is 5.56 Å². The van der Waals surface area contributed by atoms with E-state index < -0.39 is 35.2 Å².